The molecule has 0 bridgehead atoms. The summed E-state index contributed by atoms with van der Waals surface area (Å²) in [5.41, 5.74) is 5.16. The van der Waals surface area contributed by atoms with Gasteiger partial charge in [-0.3, -0.25) is 10.1 Å². The fourth-order valence-electron chi connectivity index (χ4n) is 5.35. The van der Waals surface area contributed by atoms with Gasteiger partial charge >= 0.3 is 18.0 Å². The number of carboxylic acids is 2. The second-order valence-corrected chi connectivity index (χ2v) is 13.3. The van der Waals surface area contributed by atoms with Gasteiger partial charge in [-0.05, 0) is 62.5 Å². The molecule has 0 radical (unpaired) electrons. The summed E-state index contributed by atoms with van der Waals surface area (Å²) in [5.74, 6) is -2.72. The van der Waals surface area contributed by atoms with Crippen LogP contribution in [-0.2, 0) is 14.3 Å². The van der Waals surface area contributed by atoms with Crippen molar-refractivity contribution in [2.75, 3.05) is 44.5 Å². The highest BCUT2D eigenvalue weighted by atomic mass is 32.2. The lowest BCUT2D eigenvalue weighted by Crippen LogP contribution is -2.39. The van der Waals surface area contributed by atoms with Gasteiger partial charge in [0.2, 0.25) is 5.95 Å². The Balaban J connectivity index is 0.000000191. The molecular weight excluding hydrogens is 703 g/mol. The summed E-state index contributed by atoms with van der Waals surface area (Å²) in [5, 5.41) is 35.0. The summed E-state index contributed by atoms with van der Waals surface area (Å²) in [6.07, 6.45) is -5.14. The van der Waals surface area contributed by atoms with Crippen molar-refractivity contribution < 1.29 is 44.3 Å². The second kappa shape index (κ2) is 18.7. The van der Waals surface area contributed by atoms with Gasteiger partial charge in [-0.1, -0.05) is 73.3 Å². The molecule has 3 atom stereocenters. The maximum atomic E-state index is 12.4. The van der Waals surface area contributed by atoms with Crippen LogP contribution in [-0.4, -0.2) is 106 Å². The summed E-state index contributed by atoms with van der Waals surface area (Å²) in [6, 6.07) is 31.6. The molecule has 0 fully saturated rings. The van der Waals surface area contributed by atoms with E-state index in [0.29, 0.717) is 28.1 Å². The van der Waals surface area contributed by atoms with Crippen molar-refractivity contribution in [2.24, 2.45) is 5.92 Å². The number of amides is 1. The van der Waals surface area contributed by atoms with Crippen LogP contribution in [0, 0.1) is 5.92 Å². The van der Waals surface area contributed by atoms with Gasteiger partial charge in [-0.25, -0.2) is 19.4 Å². The molecule has 53 heavy (non-hydrogen) atoms. The Morgan fingerprint density at radius 1 is 0.830 bits per heavy atom. The highest BCUT2D eigenvalue weighted by molar-refractivity contribution is 7.99. The minimum Gasteiger partial charge on any atom is -0.479 e. The number of hydrogen-bond acceptors (Lipinski definition) is 11. The van der Waals surface area contributed by atoms with Gasteiger partial charge in [0.15, 0.2) is 18.0 Å². The molecular formula is C38H41N5O9S. The molecule has 5 aromatic rings. The van der Waals surface area contributed by atoms with E-state index in [2.05, 4.69) is 99.4 Å². The molecule has 1 amide bonds. The summed E-state index contributed by atoms with van der Waals surface area (Å²) >= 11 is 1.88. The zero-order valence-electron chi connectivity index (χ0n) is 29.5. The number of ether oxygens (including phenoxy) is 1. The number of nitrogens with one attached hydrogen (secondary N) is 2. The van der Waals surface area contributed by atoms with E-state index < -0.39 is 30.2 Å². The van der Waals surface area contributed by atoms with E-state index in [1.165, 1.54) is 28.3 Å². The third-order valence-corrected chi connectivity index (χ3v) is 8.82. The van der Waals surface area contributed by atoms with Gasteiger partial charge in [0, 0.05) is 34.0 Å². The molecule has 14 nitrogen and oxygen atoms in total. The number of aromatic amines is 1. The molecule has 0 saturated heterocycles. The number of carbonyl (C=O) groups excluding carboxylic acids is 2. The monoisotopic (exact) mass is 743 g/mol. The van der Waals surface area contributed by atoms with Crippen LogP contribution >= 0.6 is 11.8 Å². The van der Waals surface area contributed by atoms with Gasteiger partial charge in [0.05, 0.1) is 29.5 Å². The number of anilines is 3. The number of aromatic nitrogens is 2. The highest BCUT2D eigenvalue weighted by Crippen LogP contribution is 2.48. The van der Waals surface area contributed by atoms with Crippen LogP contribution in [0.25, 0.3) is 11.0 Å². The molecule has 3 unspecified atom stereocenters. The van der Waals surface area contributed by atoms with Gasteiger partial charge in [-0.15, -0.1) is 0 Å². The molecule has 6 N–H and O–H groups in total. The zero-order chi connectivity index (χ0) is 38.7. The van der Waals surface area contributed by atoms with Gasteiger partial charge in [-0.2, -0.15) is 0 Å². The Morgan fingerprint density at radius 2 is 1.38 bits per heavy atom. The summed E-state index contributed by atoms with van der Waals surface area (Å²) < 4.78 is 4.51. The van der Waals surface area contributed by atoms with Gasteiger partial charge < -0.3 is 39.9 Å². The van der Waals surface area contributed by atoms with Crippen LogP contribution in [0.4, 0.5) is 22.1 Å². The predicted octanol–water partition coefficient (Wildman–Crippen LogP) is 5.34. The largest absolute Gasteiger partial charge is 0.479 e. The van der Waals surface area contributed by atoms with Crippen molar-refractivity contribution in [3.8, 4) is 0 Å². The maximum absolute atomic E-state index is 12.4. The van der Waals surface area contributed by atoms with Crippen LogP contribution in [0.1, 0.15) is 22.8 Å². The zero-order valence-corrected chi connectivity index (χ0v) is 30.3. The highest BCUT2D eigenvalue weighted by Gasteiger charge is 2.29. The minimum atomic E-state index is -2.27. The Morgan fingerprint density at radius 3 is 1.91 bits per heavy atom. The quantitative estimate of drug-likeness (QED) is 0.100. The van der Waals surface area contributed by atoms with Crippen LogP contribution in [0.3, 0.4) is 0 Å². The van der Waals surface area contributed by atoms with Crippen molar-refractivity contribution in [1.29, 1.82) is 0 Å². The minimum absolute atomic E-state index is 0.0698. The smallest absolute Gasteiger partial charge is 0.413 e. The molecule has 278 valence electrons. The second-order valence-electron chi connectivity index (χ2n) is 12.2. The van der Waals surface area contributed by atoms with E-state index in [1.54, 1.807) is 30.3 Å². The number of aliphatic carboxylic acids is 2. The Labute approximate surface area is 310 Å². The van der Waals surface area contributed by atoms with E-state index >= 15 is 0 Å². The topological polar surface area (TPSA) is 206 Å². The van der Waals surface area contributed by atoms with Crippen molar-refractivity contribution in [3.63, 3.8) is 0 Å². The normalized spacial score (nSPS) is 13.2. The van der Waals surface area contributed by atoms with E-state index in [-0.39, 0.29) is 11.7 Å². The number of fused-ring (bicyclic) bond motifs is 3. The Kier molecular flexibility index (Phi) is 14.1. The lowest BCUT2D eigenvalue weighted by Gasteiger charge is -2.35. The van der Waals surface area contributed by atoms with Crippen LogP contribution in [0.2, 0.25) is 0 Å². The van der Waals surface area contributed by atoms with E-state index in [4.69, 9.17) is 20.4 Å². The molecule has 0 spiro atoms. The number of ketones is 1. The molecule has 1 aliphatic rings. The molecule has 0 saturated carbocycles. The standard InChI is InChI=1S/C18H22N2S.C16H13N3O3.C4H6O6/c1-14(12-19(2)3)13-20-15-8-4-6-10-17(15)21-18-11-7-5-9-16(18)20;1-22-16(21)19-15-17-12-8-7-11(9-13(12)18-15)14(20)10-5-3-2-4-6-10;5-1(3(7)8)2(6)4(9)10/h4-11,14H,12-13H2,1-3H3;2-9H,1H3,(H2,17,18,19,21);1-2,5-6H,(H,7,8)(H,9,10). The third kappa shape index (κ3) is 10.9. The molecule has 15 heteroatoms. The van der Waals surface area contributed by atoms with Crippen LogP contribution in [0.5, 0.6) is 0 Å². The number of carbonyl (C=O) groups is 4. The molecule has 1 aliphatic heterocycles. The number of rotatable bonds is 10. The summed E-state index contributed by atoms with van der Waals surface area (Å²) in [7, 11) is 5.56. The molecule has 0 aliphatic carbocycles. The number of carboxylic acid groups (broad SMARTS) is 2. The number of benzene rings is 4. The first-order valence-corrected chi connectivity index (χ1v) is 17.1. The number of nitrogens with zero attached hydrogens (tertiary/aromatic N) is 3. The molecule has 1 aromatic heterocycles. The van der Waals surface area contributed by atoms with Crippen molar-refractivity contribution in [2.45, 2.75) is 28.9 Å². The summed E-state index contributed by atoms with van der Waals surface area (Å²) in [4.78, 5) is 57.7. The van der Waals surface area contributed by atoms with Crippen LogP contribution < -0.4 is 10.2 Å². The predicted molar refractivity (Wildman–Crippen MR) is 201 cm³/mol. The lowest BCUT2D eigenvalue weighted by molar-refractivity contribution is -0.165. The first-order valence-electron chi connectivity index (χ1n) is 16.3. The van der Waals surface area contributed by atoms with Gasteiger partial charge in [0.25, 0.3) is 0 Å². The van der Waals surface area contributed by atoms with E-state index in [0.717, 1.165) is 13.1 Å². The van der Waals surface area contributed by atoms with Crippen molar-refractivity contribution >= 4 is 63.9 Å². The fourth-order valence-corrected chi connectivity index (χ4v) is 6.45. The average molecular weight is 744 g/mol. The number of H-pyrrole nitrogens is 1. The lowest BCUT2D eigenvalue weighted by atomic mass is 10.0. The number of hydrogen-bond donors (Lipinski definition) is 6. The number of para-hydroxylation sites is 2. The number of methoxy groups -OCH3 is 1. The molecule has 4 aromatic carbocycles. The number of aliphatic hydroxyl groups is 2. The maximum Gasteiger partial charge on any atom is 0.413 e. The number of imidazole rings is 1. The Hall–Kier alpha value is -5.74. The fraction of sp³-hybridized carbons (Fsp3) is 0.237. The van der Waals surface area contributed by atoms with Gasteiger partial charge in [0.1, 0.15) is 0 Å². The first-order chi connectivity index (χ1) is 25.3. The van der Waals surface area contributed by atoms with Crippen molar-refractivity contribution in [3.05, 3.63) is 108 Å². The van der Waals surface area contributed by atoms with E-state index in [1.807, 2.05) is 30.0 Å². The third-order valence-electron chi connectivity index (χ3n) is 7.69. The number of aliphatic hydroxyl groups excluding tert-OH is 2. The van der Waals surface area contributed by atoms with Crippen molar-refractivity contribution in [1.82, 2.24) is 14.9 Å². The summed E-state index contributed by atoms with van der Waals surface area (Å²) in [6.45, 7) is 4.48. The Bertz CT molecular complexity index is 1980. The average Bonchev–Trinajstić information content (AvgIpc) is 3.55. The SMILES string of the molecule is CC(CN(C)C)CN1c2ccccc2Sc2ccccc21.COC(=O)Nc1nc2ccc(C(=O)c3ccccc3)cc2[nH]1.O=C(O)C(O)C(O)C(=O)O. The first kappa shape index (κ1) is 40.0. The van der Waals surface area contributed by atoms with E-state index in [9.17, 15) is 19.2 Å². The van der Waals surface area contributed by atoms with Crippen LogP contribution in [0.15, 0.2) is 107 Å². The molecule has 6 rings (SSSR count). The molecule has 2 heterocycles.